The lowest BCUT2D eigenvalue weighted by Gasteiger charge is -2.37. The molecule has 3 nitrogen and oxygen atoms in total. The Morgan fingerprint density at radius 3 is 2.76 bits per heavy atom. The van der Waals surface area contributed by atoms with Gasteiger partial charge < -0.3 is 15.4 Å². The van der Waals surface area contributed by atoms with E-state index in [1.165, 1.54) is 38.6 Å². The SMILES string of the molecule is CCOC1CC(NCC2CC(CC)CCN2)C1. The first-order valence-corrected chi connectivity index (χ1v) is 7.40. The van der Waals surface area contributed by atoms with Gasteiger partial charge in [0.1, 0.15) is 0 Å². The van der Waals surface area contributed by atoms with E-state index in [1.807, 2.05) is 0 Å². The van der Waals surface area contributed by atoms with Crippen molar-refractivity contribution in [3.63, 3.8) is 0 Å². The normalized spacial score (nSPS) is 37.8. The zero-order chi connectivity index (χ0) is 12.1. The lowest BCUT2D eigenvalue weighted by atomic mass is 9.87. The van der Waals surface area contributed by atoms with E-state index in [1.54, 1.807) is 0 Å². The highest BCUT2D eigenvalue weighted by Crippen LogP contribution is 2.24. The van der Waals surface area contributed by atoms with Crippen LogP contribution in [0.1, 0.15) is 46.0 Å². The topological polar surface area (TPSA) is 33.3 Å². The van der Waals surface area contributed by atoms with Crippen molar-refractivity contribution in [1.82, 2.24) is 10.6 Å². The third-order valence-electron chi connectivity index (χ3n) is 4.33. The lowest BCUT2D eigenvalue weighted by Crippen LogP contribution is -2.51. The van der Waals surface area contributed by atoms with E-state index in [9.17, 15) is 0 Å². The quantitative estimate of drug-likeness (QED) is 0.744. The van der Waals surface area contributed by atoms with Gasteiger partial charge in [-0.25, -0.2) is 0 Å². The monoisotopic (exact) mass is 240 g/mol. The van der Waals surface area contributed by atoms with Gasteiger partial charge in [0.15, 0.2) is 0 Å². The van der Waals surface area contributed by atoms with Gasteiger partial charge >= 0.3 is 0 Å². The summed E-state index contributed by atoms with van der Waals surface area (Å²) in [7, 11) is 0. The second-order valence-electron chi connectivity index (χ2n) is 5.60. The highest BCUT2D eigenvalue weighted by atomic mass is 16.5. The van der Waals surface area contributed by atoms with Crippen LogP contribution >= 0.6 is 0 Å². The maximum Gasteiger partial charge on any atom is 0.0604 e. The molecule has 2 atom stereocenters. The molecule has 17 heavy (non-hydrogen) atoms. The van der Waals surface area contributed by atoms with Gasteiger partial charge in [0.05, 0.1) is 6.10 Å². The number of piperidine rings is 1. The predicted molar refractivity (Wildman–Crippen MR) is 71.2 cm³/mol. The summed E-state index contributed by atoms with van der Waals surface area (Å²) in [6.07, 6.45) is 7.00. The molecule has 0 radical (unpaired) electrons. The summed E-state index contributed by atoms with van der Waals surface area (Å²) in [6.45, 7) is 7.60. The fourth-order valence-corrected chi connectivity index (χ4v) is 3.03. The van der Waals surface area contributed by atoms with E-state index in [2.05, 4.69) is 24.5 Å². The maximum absolute atomic E-state index is 5.58. The van der Waals surface area contributed by atoms with E-state index in [0.717, 1.165) is 19.1 Å². The molecule has 1 heterocycles. The molecule has 1 aliphatic heterocycles. The molecule has 2 fully saturated rings. The Labute approximate surface area is 106 Å². The van der Waals surface area contributed by atoms with Gasteiger partial charge in [0.2, 0.25) is 0 Å². The van der Waals surface area contributed by atoms with Crippen molar-refractivity contribution in [2.45, 2.75) is 64.1 Å². The molecule has 0 aromatic heterocycles. The van der Waals surface area contributed by atoms with Gasteiger partial charge in [-0.05, 0) is 45.1 Å². The first-order chi connectivity index (χ1) is 8.31. The molecule has 0 bridgehead atoms. The molecule has 2 N–H and O–H groups in total. The van der Waals surface area contributed by atoms with Crippen molar-refractivity contribution in [3.05, 3.63) is 0 Å². The molecule has 0 aromatic rings. The Morgan fingerprint density at radius 2 is 2.06 bits per heavy atom. The highest BCUT2D eigenvalue weighted by molar-refractivity contribution is 4.88. The first-order valence-electron chi connectivity index (χ1n) is 7.40. The van der Waals surface area contributed by atoms with Crippen molar-refractivity contribution in [1.29, 1.82) is 0 Å². The molecule has 2 rings (SSSR count). The van der Waals surface area contributed by atoms with Gasteiger partial charge in [-0.15, -0.1) is 0 Å². The van der Waals surface area contributed by atoms with Crippen LogP contribution in [0.5, 0.6) is 0 Å². The van der Waals surface area contributed by atoms with Gasteiger partial charge in [0, 0.05) is 25.2 Å². The maximum atomic E-state index is 5.58. The molecule has 0 amide bonds. The van der Waals surface area contributed by atoms with Crippen LogP contribution in [0.25, 0.3) is 0 Å². The summed E-state index contributed by atoms with van der Waals surface area (Å²) in [5.41, 5.74) is 0. The summed E-state index contributed by atoms with van der Waals surface area (Å²) in [5, 5.41) is 7.31. The van der Waals surface area contributed by atoms with Gasteiger partial charge in [-0.2, -0.15) is 0 Å². The van der Waals surface area contributed by atoms with E-state index < -0.39 is 0 Å². The summed E-state index contributed by atoms with van der Waals surface area (Å²) >= 11 is 0. The van der Waals surface area contributed by atoms with E-state index in [4.69, 9.17) is 4.74 Å². The van der Waals surface area contributed by atoms with Crippen LogP contribution in [0, 0.1) is 5.92 Å². The zero-order valence-corrected chi connectivity index (χ0v) is 11.4. The predicted octanol–water partition coefficient (Wildman–Crippen LogP) is 1.92. The van der Waals surface area contributed by atoms with Crippen LogP contribution in [0.2, 0.25) is 0 Å². The Balaban J connectivity index is 1.56. The Bertz CT molecular complexity index is 216. The van der Waals surface area contributed by atoms with Crippen LogP contribution < -0.4 is 10.6 Å². The van der Waals surface area contributed by atoms with Crippen LogP contribution in [-0.4, -0.2) is 37.9 Å². The average Bonchev–Trinajstić information content (AvgIpc) is 2.32. The summed E-state index contributed by atoms with van der Waals surface area (Å²) in [5.74, 6) is 0.945. The third kappa shape index (κ3) is 3.94. The Morgan fingerprint density at radius 1 is 1.24 bits per heavy atom. The lowest BCUT2D eigenvalue weighted by molar-refractivity contribution is -0.0105. The Kier molecular flexibility index (Phi) is 5.26. The van der Waals surface area contributed by atoms with Crippen LogP contribution in [0.3, 0.4) is 0 Å². The highest BCUT2D eigenvalue weighted by Gasteiger charge is 2.30. The molecular formula is C14H28N2O. The molecule has 1 aliphatic carbocycles. The van der Waals surface area contributed by atoms with E-state index in [-0.39, 0.29) is 0 Å². The third-order valence-corrected chi connectivity index (χ3v) is 4.33. The van der Waals surface area contributed by atoms with Crippen LogP contribution in [0.4, 0.5) is 0 Å². The van der Waals surface area contributed by atoms with Gasteiger partial charge in [-0.1, -0.05) is 13.3 Å². The molecule has 1 saturated carbocycles. The van der Waals surface area contributed by atoms with E-state index >= 15 is 0 Å². The van der Waals surface area contributed by atoms with Gasteiger partial charge in [0.25, 0.3) is 0 Å². The summed E-state index contributed by atoms with van der Waals surface area (Å²) in [4.78, 5) is 0. The summed E-state index contributed by atoms with van der Waals surface area (Å²) < 4.78 is 5.58. The average molecular weight is 240 g/mol. The molecule has 2 unspecified atom stereocenters. The molecule has 1 saturated heterocycles. The molecule has 0 spiro atoms. The Hall–Kier alpha value is -0.120. The first kappa shape index (κ1) is 13.3. The number of nitrogens with one attached hydrogen (secondary N) is 2. The van der Waals surface area contributed by atoms with Crippen molar-refractivity contribution in [2.24, 2.45) is 5.92 Å². The smallest absolute Gasteiger partial charge is 0.0604 e. The second kappa shape index (κ2) is 6.72. The molecule has 2 aliphatic rings. The summed E-state index contributed by atoms with van der Waals surface area (Å²) in [6, 6.07) is 1.40. The van der Waals surface area contributed by atoms with Crippen molar-refractivity contribution < 1.29 is 4.74 Å². The van der Waals surface area contributed by atoms with Crippen molar-refractivity contribution >= 4 is 0 Å². The van der Waals surface area contributed by atoms with Crippen molar-refractivity contribution in [2.75, 3.05) is 19.7 Å². The fourth-order valence-electron chi connectivity index (χ4n) is 3.03. The van der Waals surface area contributed by atoms with Crippen molar-refractivity contribution in [3.8, 4) is 0 Å². The minimum Gasteiger partial charge on any atom is -0.378 e. The number of hydrogen-bond acceptors (Lipinski definition) is 3. The molecule has 100 valence electrons. The van der Waals surface area contributed by atoms with Crippen LogP contribution in [-0.2, 0) is 4.74 Å². The largest absolute Gasteiger partial charge is 0.378 e. The van der Waals surface area contributed by atoms with Gasteiger partial charge in [-0.3, -0.25) is 0 Å². The number of hydrogen-bond donors (Lipinski definition) is 2. The number of ether oxygens (including phenoxy) is 1. The molecule has 3 heteroatoms. The second-order valence-corrected chi connectivity index (χ2v) is 5.60. The standard InChI is InChI=1S/C14H28N2O/c1-3-11-5-6-15-13(7-11)10-16-12-8-14(9-12)17-4-2/h11-16H,3-10H2,1-2H3. The molecule has 0 aromatic carbocycles. The minimum absolute atomic E-state index is 0.528. The minimum atomic E-state index is 0.528. The number of rotatable bonds is 6. The zero-order valence-electron chi connectivity index (χ0n) is 11.4. The molecular weight excluding hydrogens is 212 g/mol. The van der Waals surface area contributed by atoms with Crippen LogP contribution in [0.15, 0.2) is 0 Å². The van der Waals surface area contributed by atoms with E-state index in [0.29, 0.717) is 18.2 Å². The fraction of sp³-hybridized carbons (Fsp3) is 1.00.